The third kappa shape index (κ3) is 4.71. The van der Waals surface area contributed by atoms with Gasteiger partial charge in [0.2, 0.25) is 0 Å². The lowest BCUT2D eigenvalue weighted by atomic mass is 10.1. The zero-order valence-corrected chi connectivity index (χ0v) is 15.2. The van der Waals surface area contributed by atoms with Crippen molar-refractivity contribution in [2.45, 2.75) is 36.2 Å². The standard InChI is InChI=1S/C16H18BrClN2S/c1-3-8-19-11(2)13-10-12(17)6-7-15(13)21-16-14(18)5-4-9-20-16/h4-7,9-11,19H,3,8H2,1-2H3. The van der Waals surface area contributed by atoms with E-state index in [-0.39, 0.29) is 6.04 Å². The molecule has 0 aliphatic heterocycles. The molecular weight excluding hydrogens is 368 g/mol. The number of benzene rings is 1. The van der Waals surface area contributed by atoms with Gasteiger partial charge in [-0.15, -0.1) is 0 Å². The lowest BCUT2D eigenvalue weighted by Gasteiger charge is -2.18. The van der Waals surface area contributed by atoms with Crippen LogP contribution in [0.2, 0.25) is 5.02 Å². The first-order chi connectivity index (χ1) is 10.1. The van der Waals surface area contributed by atoms with Crippen molar-refractivity contribution in [3.05, 3.63) is 51.6 Å². The van der Waals surface area contributed by atoms with E-state index in [9.17, 15) is 0 Å². The second kappa shape index (κ2) is 8.18. The number of rotatable bonds is 6. The summed E-state index contributed by atoms with van der Waals surface area (Å²) in [5, 5.41) is 5.05. The Labute approximate surface area is 143 Å². The maximum Gasteiger partial charge on any atom is 0.119 e. The molecule has 0 aliphatic rings. The van der Waals surface area contributed by atoms with Crippen LogP contribution in [0.3, 0.4) is 0 Å². The Balaban J connectivity index is 2.28. The van der Waals surface area contributed by atoms with E-state index in [1.165, 1.54) is 10.5 Å². The van der Waals surface area contributed by atoms with E-state index in [1.54, 1.807) is 18.0 Å². The van der Waals surface area contributed by atoms with E-state index in [2.05, 4.69) is 58.3 Å². The summed E-state index contributed by atoms with van der Waals surface area (Å²) in [7, 11) is 0. The van der Waals surface area contributed by atoms with Crippen LogP contribution in [-0.2, 0) is 0 Å². The number of halogens is 2. The minimum absolute atomic E-state index is 0.285. The molecular formula is C16H18BrClN2S. The summed E-state index contributed by atoms with van der Waals surface area (Å²) in [6.45, 7) is 5.35. The first-order valence-corrected chi connectivity index (χ1v) is 8.91. The van der Waals surface area contributed by atoms with E-state index in [1.807, 2.05) is 12.1 Å². The second-order valence-electron chi connectivity index (χ2n) is 4.75. The van der Waals surface area contributed by atoms with E-state index in [4.69, 9.17) is 11.6 Å². The number of pyridine rings is 1. The lowest BCUT2D eigenvalue weighted by molar-refractivity contribution is 0.563. The Morgan fingerprint density at radius 1 is 1.38 bits per heavy atom. The van der Waals surface area contributed by atoms with Crippen molar-refractivity contribution in [2.75, 3.05) is 6.54 Å². The van der Waals surface area contributed by atoms with Crippen molar-refractivity contribution in [3.63, 3.8) is 0 Å². The third-order valence-corrected chi connectivity index (χ3v) is 5.09. The minimum atomic E-state index is 0.285. The molecule has 0 saturated carbocycles. The number of hydrogen-bond donors (Lipinski definition) is 1. The molecule has 0 saturated heterocycles. The van der Waals surface area contributed by atoms with Crippen LogP contribution in [0.5, 0.6) is 0 Å². The SMILES string of the molecule is CCCNC(C)c1cc(Br)ccc1Sc1ncccc1Cl. The Hall–Kier alpha value is -0.550. The van der Waals surface area contributed by atoms with Crippen molar-refractivity contribution in [2.24, 2.45) is 0 Å². The summed E-state index contributed by atoms with van der Waals surface area (Å²) < 4.78 is 1.08. The van der Waals surface area contributed by atoms with Gasteiger partial charge in [0.25, 0.3) is 0 Å². The highest BCUT2D eigenvalue weighted by Gasteiger charge is 2.13. The maximum atomic E-state index is 6.21. The minimum Gasteiger partial charge on any atom is -0.310 e. The monoisotopic (exact) mass is 384 g/mol. The lowest BCUT2D eigenvalue weighted by Crippen LogP contribution is -2.19. The van der Waals surface area contributed by atoms with Gasteiger partial charge in [0.15, 0.2) is 0 Å². The first kappa shape index (κ1) is 16.8. The van der Waals surface area contributed by atoms with Crippen molar-refractivity contribution in [1.29, 1.82) is 0 Å². The molecule has 21 heavy (non-hydrogen) atoms. The predicted octanol–water partition coefficient (Wildman–Crippen LogP) is 5.71. The van der Waals surface area contributed by atoms with Gasteiger partial charge < -0.3 is 5.32 Å². The van der Waals surface area contributed by atoms with Crippen molar-refractivity contribution < 1.29 is 0 Å². The average Bonchev–Trinajstić information content (AvgIpc) is 2.48. The van der Waals surface area contributed by atoms with Crippen LogP contribution in [0.15, 0.2) is 50.9 Å². The second-order valence-corrected chi connectivity index (χ2v) is 7.10. The Kier molecular flexibility index (Phi) is 6.55. The highest BCUT2D eigenvalue weighted by molar-refractivity contribution is 9.10. The fraction of sp³-hybridized carbons (Fsp3) is 0.312. The zero-order valence-electron chi connectivity index (χ0n) is 12.1. The van der Waals surface area contributed by atoms with Crippen LogP contribution < -0.4 is 5.32 Å². The molecule has 0 fully saturated rings. The molecule has 5 heteroatoms. The van der Waals surface area contributed by atoms with Gasteiger partial charge in [-0.1, -0.05) is 46.2 Å². The van der Waals surface area contributed by atoms with Crippen LogP contribution >= 0.6 is 39.3 Å². The van der Waals surface area contributed by atoms with E-state index in [0.717, 1.165) is 22.5 Å². The van der Waals surface area contributed by atoms with E-state index < -0.39 is 0 Å². The van der Waals surface area contributed by atoms with Crippen LogP contribution in [0.4, 0.5) is 0 Å². The molecule has 1 atom stereocenters. The summed E-state index contributed by atoms with van der Waals surface area (Å²) in [4.78, 5) is 5.53. The van der Waals surface area contributed by atoms with Gasteiger partial charge in [-0.2, -0.15) is 0 Å². The van der Waals surface area contributed by atoms with Crippen molar-refractivity contribution in [3.8, 4) is 0 Å². The Bertz CT molecular complexity index is 607. The molecule has 0 aliphatic carbocycles. The number of nitrogens with zero attached hydrogens (tertiary/aromatic N) is 1. The molecule has 1 heterocycles. The van der Waals surface area contributed by atoms with Crippen molar-refractivity contribution in [1.82, 2.24) is 10.3 Å². The quantitative estimate of drug-likeness (QED) is 0.689. The van der Waals surface area contributed by atoms with Gasteiger partial charge in [-0.25, -0.2) is 4.98 Å². The highest BCUT2D eigenvalue weighted by atomic mass is 79.9. The van der Waals surface area contributed by atoms with Gasteiger partial charge in [0.05, 0.1) is 5.02 Å². The molecule has 2 nitrogen and oxygen atoms in total. The third-order valence-electron chi connectivity index (χ3n) is 3.07. The summed E-state index contributed by atoms with van der Waals surface area (Å²) >= 11 is 11.4. The zero-order chi connectivity index (χ0) is 15.2. The fourth-order valence-corrected chi connectivity index (χ4v) is 3.57. The molecule has 1 N–H and O–H groups in total. The fourth-order valence-electron chi connectivity index (χ4n) is 1.97. The summed E-state index contributed by atoms with van der Waals surface area (Å²) in [6.07, 6.45) is 2.89. The van der Waals surface area contributed by atoms with Crippen LogP contribution in [0, 0.1) is 0 Å². The van der Waals surface area contributed by atoms with Crippen LogP contribution in [-0.4, -0.2) is 11.5 Å². The number of nitrogens with one attached hydrogen (secondary N) is 1. The molecule has 2 aromatic rings. The summed E-state index contributed by atoms with van der Waals surface area (Å²) in [5.41, 5.74) is 1.25. The largest absolute Gasteiger partial charge is 0.310 e. The van der Waals surface area contributed by atoms with Gasteiger partial charge >= 0.3 is 0 Å². The molecule has 0 radical (unpaired) electrons. The topological polar surface area (TPSA) is 24.9 Å². The maximum absolute atomic E-state index is 6.21. The molecule has 2 rings (SSSR count). The van der Waals surface area contributed by atoms with Crippen LogP contribution in [0.1, 0.15) is 31.9 Å². The molecule has 0 bridgehead atoms. The number of hydrogen-bond acceptors (Lipinski definition) is 3. The molecule has 0 amide bonds. The molecule has 112 valence electrons. The Morgan fingerprint density at radius 3 is 2.90 bits per heavy atom. The van der Waals surface area contributed by atoms with Gasteiger partial charge in [-0.3, -0.25) is 0 Å². The van der Waals surface area contributed by atoms with Gasteiger partial charge in [0.1, 0.15) is 5.03 Å². The molecule has 1 unspecified atom stereocenters. The highest BCUT2D eigenvalue weighted by Crippen LogP contribution is 2.36. The first-order valence-electron chi connectivity index (χ1n) is 6.93. The van der Waals surface area contributed by atoms with Gasteiger partial charge in [0, 0.05) is 21.6 Å². The Morgan fingerprint density at radius 2 is 2.19 bits per heavy atom. The molecule has 1 aromatic heterocycles. The van der Waals surface area contributed by atoms with E-state index in [0.29, 0.717) is 5.02 Å². The number of aromatic nitrogens is 1. The smallest absolute Gasteiger partial charge is 0.119 e. The van der Waals surface area contributed by atoms with Crippen LogP contribution in [0.25, 0.3) is 0 Å². The van der Waals surface area contributed by atoms with Crippen molar-refractivity contribution >= 4 is 39.3 Å². The normalized spacial score (nSPS) is 12.4. The molecule has 0 spiro atoms. The average molecular weight is 386 g/mol. The summed E-state index contributed by atoms with van der Waals surface area (Å²) in [6, 6.07) is 10.3. The molecule has 1 aromatic carbocycles. The van der Waals surface area contributed by atoms with Gasteiger partial charge in [-0.05, 0) is 55.8 Å². The van der Waals surface area contributed by atoms with E-state index >= 15 is 0 Å². The summed E-state index contributed by atoms with van der Waals surface area (Å²) in [5.74, 6) is 0. The predicted molar refractivity (Wildman–Crippen MR) is 94.2 cm³/mol.